The van der Waals surface area contributed by atoms with E-state index < -0.39 is 5.60 Å². The molecule has 0 spiro atoms. The van der Waals surface area contributed by atoms with Crippen molar-refractivity contribution in [2.24, 2.45) is 11.7 Å². The minimum Gasteiger partial charge on any atom is -0.444 e. The van der Waals surface area contributed by atoms with Gasteiger partial charge >= 0.3 is 6.09 Å². The van der Waals surface area contributed by atoms with Crippen LogP contribution in [0.3, 0.4) is 0 Å². The summed E-state index contributed by atoms with van der Waals surface area (Å²) in [6.07, 6.45) is 1.91. The first kappa shape index (κ1) is 13.3. The van der Waals surface area contributed by atoms with Crippen molar-refractivity contribution in [2.45, 2.75) is 52.2 Å². The lowest BCUT2D eigenvalue weighted by Crippen LogP contribution is -2.48. The predicted molar refractivity (Wildman–Crippen MR) is 64.2 cm³/mol. The van der Waals surface area contributed by atoms with Gasteiger partial charge in [0.1, 0.15) is 5.60 Å². The van der Waals surface area contributed by atoms with Crippen LogP contribution in [-0.2, 0) is 4.74 Å². The van der Waals surface area contributed by atoms with E-state index in [-0.39, 0.29) is 12.1 Å². The first-order chi connectivity index (χ1) is 7.33. The van der Waals surface area contributed by atoms with Crippen molar-refractivity contribution >= 4 is 6.09 Å². The average molecular weight is 228 g/mol. The predicted octanol–water partition coefficient (Wildman–Crippen LogP) is 1.98. The lowest BCUT2D eigenvalue weighted by molar-refractivity contribution is 0.00600. The number of hydrogen-bond acceptors (Lipinski definition) is 3. The number of rotatable bonds is 1. The van der Waals surface area contributed by atoms with Crippen molar-refractivity contribution in [2.75, 3.05) is 13.1 Å². The molecule has 0 aromatic carbocycles. The number of ether oxygens (including phenoxy) is 1. The highest BCUT2D eigenvalue weighted by molar-refractivity contribution is 5.68. The van der Waals surface area contributed by atoms with E-state index in [0.717, 1.165) is 19.4 Å². The quantitative estimate of drug-likeness (QED) is 0.746. The van der Waals surface area contributed by atoms with Crippen molar-refractivity contribution in [3.63, 3.8) is 0 Å². The maximum atomic E-state index is 11.9. The molecule has 16 heavy (non-hydrogen) atoms. The normalized spacial score (nSPS) is 26.7. The fourth-order valence-electron chi connectivity index (χ4n) is 1.95. The molecule has 1 aliphatic heterocycles. The van der Waals surface area contributed by atoms with E-state index in [1.54, 1.807) is 0 Å². The molecule has 0 bridgehead atoms. The molecule has 2 N–H and O–H groups in total. The molecule has 94 valence electrons. The third kappa shape index (κ3) is 3.67. The summed E-state index contributed by atoms with van der Waals surface area (Å²) in [5.41, 5.74) is 5.24. The second-order valence-corrected chi connectivity index (χ2v) is 5.66. The van der Waals surface area contributed by atoms with Crippen LogP contribution in [-0.4, -0.2) is 35.7 Å². The summed E-state index contributed by atoms with van der Waals surface area (Å²) in [6, 6.07) is 0.262. The second kappa shape index (κ2) is 5.04. The van der Waals surface area contributed by atoms with Gasteiger partial charge in [-0.05, 0) is 53.0 Å². The van der Waals surface area contributed by atoms with E-state index in [0.29, 0.717) is 12.5 Å². The number of piperidine rings is 1. The Bertz CT molecular complexity index is 248. The van der Waals surface area contributed by atoms with Gasteiger partial charge in [-0.25, -0.2) is 4.79 Å². The third-order valence-corrected chi connectivity index (χ3v) is 2.94. The fourth-order valence-corrected chi connectivity index (χ4v) is 1.95. The van der Waals surface area contributed by atoms with Gasteiger partial charge in [0, 0.05) is 12.6 Å². The topological polar surface area (TPSA) is 55.6 Å². The Morgan fingerprint density at radius 2 is 2.06 bits per heavy atom. The van der Waals surface area contributed by atoms with Crippen LogP contribution in [0.4, 0.5) is 4.79 Å². The van der Waals surface area contributed by atoms with Crippen LogP contribution >= 0.6 is 0 Å². The van der Waals surface area contributed by atoms with Crippen LogP contribution in [0, 0.1) is 5.92 Å². The van der Waals surface area contributed by atoms with Crippen LogP contribution in [0.2, 0.25) is 0 Å². The molecule has 1 saturated heterocycles. The van der Waals surface area contributed by atoms with E-state index in [4.69, 9.17) is 10.5 Å². The lowest BCUT2D eigenvalue weighted by atomic mass is 9.94. The molecule has 0 aromatic heterocycles. The number of nitrogens with two attached hydrogens (primary N) is 1. The van der Waals surface area contributed by atoms with E-state index in [1.165, 1.54) is 0 Å². The van der Waals surface area contributed by atoms with E-state index in [1.807, 2.05) is 25.7 Å². The van der Waals surface area contributed by atoms with Gasteiger partial charge in [-0.3, -0.25) is 0 Å². The highest BCUT2D eigenvalue weighted by Gasteiger charge is 2.31. The summed E-state index contributed by atoms with van der Waals surface area (Å²) in [7, 11) is 0. The average Bonchev–Trinajstić information content (AvgIpc) is 2.15. The van der Waals surface area contributed by atoms with Crippen molar-refractivity contribution in [3.8, 4) is 0 Å². The van der Waals surface area contributed by atoms with Crippen LogP contribution < -0.4 is 5.73 Å². The summed E-state index contributed by atoms with van der Waals surface area (Å²) < 4.78 is 5.39. The van der Waals surface area contributed by atoms with Crippen molar-refractivity contribution in [1.82, 2.24) is 4.90 Å². The molecule has 1 amide bonds. The molecule has 2 atom stereocenters. The molecule has 0 unspecified atom stereocenters. The van der Waals surface area contributed by atoms with Crippen molar-refractivity contribution in [3.05, 3.63) is 0 Å². The Labute approximate surface area is 98.1 Å². The molecule has 0 aromatic rings. The molecule has 1 heterocycles. The SMILES string of the molecule is C[C@H]1CC[C@@H](CN)CN1C(=O)OC(C)(C)C. The Hall–Kier alpha value is -0.770. The zero-order chi connectivity index (χ0) is 12.3. The molecule has 4 heteroatoms. The van der Waals surface area contributed by atoms with Gasteiger partial charge < -0.3 is 15.4 Å². The summed E-state index contributed by atoms with van der Waals surface area (Å²) >= 11 is 0. The van der Waals surface area contributed by atoms with Gasteiger partial charge in [0.2, 0.25) is 0 Å². The standard InChI is InChI=1S/C12H24N2O2/c1-9-5-6-10(7-13)8-14(9)11(15)16-12(2,3)4/h9-10H,5-8,13H2,1-4H3/t9-,10-/m0/s1. The molecular weight excluding hydrogens is 204 g/mol. The highest BCUT2D eigenvalue weighted by atomic mass is 16.6. The molecule has 4 nitrogen and oxygen atoms in total. The number of nitrogens with zero attached hydrogens (tertiary/aromatic N) is 1. The Morgan fingerprint density at radius 3 is 2.56 bits per heavy atom. The van der Waals surface area contributed by atoms with Crippen LogP contribution in [0.15, 0.2) is 0 Å². The number of carbonyl (C=O) groups is 1. The van der Waals surface area contributed by atoms with Gasteiger partial charge in [-0.15, -0.1) is 0 Å². The zero-order valence-electron chi connectivity index (χ0n) is 10.8. The number of hydrogen-bond donors (Lipinski definition) is 1. The van der Waals surface area contributed by atoms with Crippen LogP contribution in [0.5, 0.6) is 0 Å². The minimum absolute atomic E-state index is 0.210. The van der Waals surface area contributed by atoms with E-state index in [2.05, 4.69) is 6.92 Å². The number of carbonyl (C=O) groups excluding carboxylic acids is 1. The smallest absolute Gasteiger partial charge is 0.410 e. The maximum absolute atomic E-state index is 11.9. The first-order valence-electron chi connectivity index (χ1n) is 6.03. The molecular formula is C12H24N2O2. The number of likely N-dealkylation sites (tertiary alicyclic amines) is 1. The molecule has 0 radical (unpaired) electrons. The van der Waals surface area contributed by atoms with Gasteiger partial charge in [0.15, 0.2) is 0 Å². The van der Waals surface area contributed by atoms with E-state index >= 15 is 0 Å². The first-order valence-corrected chi connectivity index (χ1v) is 6.03. The summed E-state index contributed by atoms with van der Waals surface area (Å²) in [4.78, 5) is 13.8. The Kier molecular flexibility index (Phi) is 4.19. The largest absolute Gasteiger partial charge is 0.444 e. The third-order valence-electron chi connectivity index (χ3n) is 2.94. The van der Waals surface area contributed by atoms with Gasteiger partial charge in [-0.2, -0.15) is 0 Å². The monoisotopic (exact) mass is 228 g/mol. The summed E-state index contributed by atoms with van der Waals surface area (Å²) in [6.45, 7) is 9.11. The lowest BCUT2D eigenvalue weighted by Gasteiger charge is -2.38. The summed E-state index contributed by atoms with van der Waals surface area (Å²) in [5, 5.41) is 0. The van der Waals surface area contributed by atoms with E-state index in [9.17, 15) is 4.79 Å². The molecule has 0 aliphatic carbocycles. The second-order valence-electron chi connectivity index (χ2n) is 5.66. The van der Waals surface area contributed by atoms with Gasteiger partial charge in [0.05, 0.1) is 0 Å². The Morgan fingerprint density at radius 1 is 1.44 bits per heavy atom. The van der Waals surface area contributed by atoms with Crippen LogP contribution in [0.1, 0.15) is 40.5 Å². The summed E-state index contributed by atoms with van der Waals surface area (Å²) in [5.74, 6) is 0.420. The highest BCUT2D eigenvalue weighted by Crippen LogP contribution is 2.23. The number of amides is 1. The molecule has 1 rings (SSSR count). The van der Waals surface area contributed by atoms with Crippen molar-refractivity contribution < 1.29 is 9.53 Å². The molecule has 0 saturated carbocycles. The molecule has 1 fully saturated rings. The zero-order valence-corrected chi connectivity index (χ0v) is 10.8. The maximum Gasteiger partial charge on any atom is 0.410 e. The van der Waals surface area contributed by atoms with Crippen molar-refractivity contribution in [1.29, 1.82) is 0 Å². The fraction of sp³-hybridized carbons (Fsp3) is 0.917. The Balaban J connectivity index is 2.59. The van der Waals surface area contributed by atoms with Gasteiger partial charge in [0.25, 0.3) is 0 Å². The van der Waals surface area contributed by atoms with Crippen LogP contribution in [0.25, 0.3) is 0 Å². The van der Waals surface area contributed by atoms with Gasteiger partial charge in [-0.1, -0.05) is 0 Å². The molecule has 1 aliphatic rings. The minimum atomic E-state index is -0.424.